The van der Waals surface area contributed by atoms with Crippen molar-refractivity contribution in [3.63, 3.8) is 0 Å². The SMILES string of the molecule is CCN(C(=O)O)c1cccc(Nc2cc(S(=O)(=O)O)c(N)c3c2C(=O)c2ccccc2C3=O)c1. The van der Waals surface area contributed by atoms with E-state index in [1.54, 1.807) is 37.3 Å². The van der Waals surface area contributed by atoms with Crippen LogP contribution < -0.4 is 16.0 Å². The molecule has 10 nitrogen and oxygen atoms in total. The number of amides is 1. The van der Waals surface area contributed by atoms with Crippen LogP contribution in [0.25, 0.3) is 0 Å². The quantitative estimate of drug-likeness (QED) is 0.246. The fourth-order valence-corrected chi connectivity index (χ4v) is 4.59. The Labute approximate surface area is 194 Å². The summed E-state index contributed by atoms with van der Waals surface area (Å²) in [6.45, 7) is 1.83. The van der Waals surface area contributed by atoms with Gasteiger partial charge in [0.15, 0.2) is 11.6 Å². The number of nitrogens with two attached hydrogens (primary N) is 1. The van der Waals surface area contributed by atoms with Gasteiger partial charge in [-0.1, -0.05) is 30.3 Å². The summed E-state index contributed by atoms with van der Waals surface area (Å²) in [6.07, 6.45) is -1.17. The first-order valence-corrected chi connectivity index (χ1v) is 11.5. The molecule has 0 atom stereocenters. The maximum atomic E-state index is 13.3. The fourth-order valence-electron chi connectivity index (χ4n) is 3.94. The van der Waals surface area contributed by atoms with Gasteiger partial charge in [0.1, 0.15) is 4.90 Å². The van der Waals surface area contributed by atoms with E-state index in [-0.39, 0.29) is 34.5 Å². The van der Waals surface area contributed by atoms with Crippen LogP contribution in [0.4, 0.5) is 27.5 Å². The minimum atomic E-state index is -4.85. The molecule has 3 aromatic rings. The average molecular weight is 481 g/mol. The number of benzene rings is 3. The van der Waals surface area contributed by atoms with Crippen LogP contribution in [-0.2, 0) is 10.1 Å². The monoisotopic (exact) mass is 481 g/mol. The highest BCUT2D eigenvalue weighted by Crippen LogP contribution is 2.40. The molecule has 34 heavy (non-hydrogen) atoms. The largest absolute Gasteiger partial charge is 0.465 e. The van der Waals surface area contributed by atoms with Gasteiger partial charge in [0.25, 0.3) is 10.1 Å². The Kier molecular flexibility index (Phi) is 5.59. The highest BCUT2D eigenvalue weighted by molar-refractivity contribution is 7.86. The van der Waals surface area contributed by atoms with Gasteiger partial charge in [-0.3, -0.25) is 19.0 Å². The van der Waals surface area contributed by atoms with Crippen molar-refractivity contribution in [1.82, 2.24) is 0 Å². The maximum absolute atomic E-state index is 13.3. The van der Waals surface area contributed by atoms with E-state index in [0.29, 0.717) is 11.4 Å². The number of carbonyl (C=O) groups is 3. The molecule has 0 radical (unpaired) electrons. The van der Waals surface area contributed by atoms with Crippen LogP contribution in [0.15, 0.2) is 59.5 Å². The number of rotatable bonds is 5. The summed E-state index contributed by atoms with van der Waals surface area (Å²) < 4.78 is 33.7. The molecule has 1 aliphatic carbocycles. The summed E-state index contributed by atoms with van der Waals surface area (Å²) in [4.78, 5) is 38.4. The lowest BCUT2D eigenvalue weighted by Gasteiger charge is -2.24. The van der Waals surface area contributed by atoms with Crippen LogP contribution in [0.3, 0.4) is 0 Å². The predicted molar refractivity (Wildman–Crippen MR) is 125 cm³/mol. The van der Waals surface area contributed by atoms with Gasteiger partial charge >= 0.3 is 6.09 Å². The summed E-state index contributed by atoms with van der Waals surface area (Å²) in [5.41, 5.74) is 5.69. The highest BCUT2D eigenvalue weighted by atomic mass is 32.2. The van der Waals surface area contributed by atoms with Gasteiger partial charge in [0, 0.05) is 29.0 Å². The summed E-state index contributed by atoms with van der Waals surface area (Å²) in [5.74, 6) is -1.22. The molecule has 0 spiro atoms. The molecule has 174 valence electrons. The zero-order valence-corrected chi connectivity index (χ0v) is 18.6. The van der Waals surface area contributed by atoms with E-state index in [4.69, 9.17) is 5.73 Å². The van der Waals surface area contributed by atoms with Gasteiger partial charge in [0.2, 0.25) is 0 Å². The Balaban J connectivity index is 1.94. The number of carboxylic acid groups (broad SMARTS) is 1. The Morgan fingerprint density at radius 1 is 1.00 bits per heavy atom. The number of anilines is 4. The van der Waals surface area contributed by atoms with Crippen molar-refractivity contribution in [2.45, 2.75) is 11.8 Å². The smallest absolute Gasteiger partial charge is 0.411 e. The van der Waals surface area contributed by atoms with Crippen LogP contribution in [0.1, 0.15) is 38.8 Å². The molecule has 0 aromatic heterocycles. The summed E-state index contributed by atoms with van der Waals surface area (Å²) in [6, 6.07) is 13.2. The van der Waals surface area contributed by atoms with Gasteiger partial charge in [-0.15, -0.1) is 0 Å². The standard InChI is InChI=1S/C23H19N3O7S/c1-2-26(23(29)30)13-7-5-6-12(10-13)25-16-11-17(34(31,32)33)20(24)19-18(16)21(27)14-8-3-4-9-15(14)22(19)28/h3-11,25H,2,24H2,1H3,(H,29,30)(H,31,32,33). The second-order valence-corrected chi connectivity index (χ2v) is 8.86. The van der Waals surface area contributed by atoms with E-state index in [2.05, 4.69) is 5.32 Å². The summed E-state index contributed by atoms with van der Waals surface area (Å²) in [7, 11) is -4.85. The van der Waals surface area contributed by atoms with Gasteiger partial charge in [-0.2, -0.15) is 8.42 Å². The predicted octanol–water partition coefficient (Wildman–Crippen LogP) is 3.54. The minimum Gasteiger partial charge on any atom is -0.465 e. The molecule has 0 heterocycles. The first kappa shape index (κ1) is 23.0. The number of ketones is 2. The molecule has 4 rings (SSSR count). The molecule has 1 aliphatic rings. The Bertz CT molecular complexity index is 1480. The zero-order valence-electron chi connectivity index (χ0n) is 17.8. The lowest BCUT2D eigenvalue weighted by atomic mass is 9.82. The third kappa shape index (κ3) is 3.76. The second kappa shape index (κ2) is 8.28. The van der Waals surface area contributed by atoms with Gasteiger partial charge in [-0.25, -0.2) is 4.79 Å². The normalized spacial score (nSPS) is 12.6. The highest BCUT2D eigenvalue weighted by Gasteiger charge is 2.36. The summed E-state index contributed by atoms with van der Waals surface area (Å²) >= 11 is 0. The first-order valence-electron chi connectivity index (χ1n) is 10.0. The maximum Gasteiger partial charge on any atom is 0.411 e. The molecule has 0 unspecified atom stereocenters. The second-order valence-electron chi connectivity index (χ2n) is 7.47. The van der Waals surface area contributed by atoms with E-state index in [0.717, 1.165) is 11.0 Å². The molecule has 0 saturated carbocycles. The van der Waals surface area contributed by atoms with Crippen molar-refractivity contribution in [3.05, 3.63) is 76.9 Å². The van der Waals surface area contributed by atoms with Crippen molar-refractivity contribution < 1.29 is 32.5 Å². The molecular weight excluding hydrogens is 462 g/mol. The Morgan fingerprint density at radius 3 is 2.18 bits per heavy atom. The Hall–Kier alpha value is -4.22. The molecule has 11 heteroatoms. The molecule has 1 amide bonds. The van der Waals surface area contributed by atoms with Crippen molar-refractivity contribution >= 4 is 50.5 Å². The van der Waals surface area contributed by atoms with E-state index < -0.39 is 38.4 Å². The average Bonchev–Trinajstić information content (AvgIpc) is 2.78. The van der Waals surface area contributed by atoms with Crippen LogP contribution in [0, 0.1) is 0 Å². The number of carbonyl (C=O) groups excluding carboxylic acids is 2. The number of nitrogens with zero attached hydrogens (tertiary/aromatic N) is 1. The molecular formula is C23H19N3O7S. The molecule has 0 aliphatic heterocycles. The first-order chi connectivity index (χ1) is 16.0. The van der Waals surface area contributed by atoms with E-state index in [1.807, 2.05) is 0 Å². The van der Waals surface area contributed by atoms with E-state index >= 15 is 0 Å². The third-order valence-corrected chi connectivity index (χ3v) is 6.36. The molecule has 5 N–H and O–H groups in total. The number of nitrogen functional groups attached to an aromatic ring is 1. The van der Waals surface area contributed by atoms with Crippen LogP contribution >= 0.6 is 0 Å². The third-order valence-electron chi connectivity index (χ3n) is 5.46. The molecule has 0 fully saturated rings. The summed E-state index contributed by atoms with van der Waals surface area (Å²) in [5, 5.41) is 12.3. The lowest BCUT2D eigenvalue weighted by Crippen LogP contribution is -2.28. The molecule has 3 aromatic carbocycles. The van der Waals surface area contributed by atoms with E-state index in [9.17, 15) is 32.5 Å². The minimum absolute atomic E-state index is 0.0622. The van der Waals surface area contributed by atoms with Crippen LogP contribution in [0.5, 0.6) is 0 Å². The number of nitrogens with one attached hydrogen (secondary N) is 1. The van der Waals surface area contributed by atoms with Crippen molar-refractivity contribution in [1.29, 1.82) is 0 Å². The molecule has 0 saturated heterocycles. The van der Waals surface area contributed by atoms with Crippen molar-refractivity contribution in [3.8, 4) is 0 Å². The molecule has 0 bridgehead atoms. The van der Waals surface area contributed by atoms with Crippen LogP contribution in [-0.4, -0.2) is 42.3 Å². The van der Waals surface area contributed by atoms with Crippen LogP contribution in [0.2, 0.25) is 0 Å². The lowest BCUT2D eigenvalue weighted by molar-refractivity contribution is 0.0980. The van der Waals surface area contributed by atoms with Crippen molar-refractivity contribution in [2.24, 2.45) is 0 Å². The number of hydrogen-bond acceptors (Lipinski definition) is 7. The fraction of sp³-hybridized carbons (Fsp3) is 0.0870. The van der Waals surface area contributed by atoms with E-state index in [1.165, 1.54) is 18.2 Å². The van der Waals surface area contributed by atoms with Gasteiger partial charge < -0.3 is 16.2 Å². The zero-order chi connectivity index (χ0) is 24.8. The topological polar surface area (TPSA) is 167 Å². The van der Waals surface area contributed by atoms with Gasteiger partial charge in [0.05, 0.1) is 22.5 Å². The van der Waals surface area contributed by atoms with Gasteiger partial charge in [-0.05, 0) is 31.2 Å². The number of hydrogen-bond donors (Lipinski definition) is 4. The van der Waals surface area contributed by atoms with Crippen molar-refractivity contribution in [2.75, 3.05) is 22.5 Å². The Morgan fingerprint density at radius 2 is 1.62 bits per heavy atom. The number of fused-ring (bicyclic) bond motifs is 2.